The molecule has 2 saturated heterocycles. The maximum atomic E-state index is 15.5. The molecule has 1 N–H and O–H groups in total. The van der Waals surface area contributed by atoms with E-state index >= 15 is 4.79 Å². The van der Waals surface area contributed by atoms with Crippen LogP contribution in [-0.2, 0) is 34.1 Å². The van der Waals surface area contributed by atoms with E-state index in [1.165, 1.54) is 11.1 Å². The SMILES string of the molecule is CCCCc1ccc([C@]2(C)N=C(c3cnc(C(C)(C)C)cc3OCC)N(C(=O)N3CCC(N4CCNC(=O)C4)CC3)[C@]2(C)c2ccc(CCC)cc2)cc1. The normalized spacial score (nSPS) is 22.7. The third-order valence-corrected chi connectivity index (χ3v) is 12.0. The van der Waals surface area contributed by atoms with E-state index < -0.39 is 11.1 Å². The summed E-state index contributed by atoms with van der Waals surface area (Å²) in [7, 11) is 0. The van der Waals surface area contributed by atoms with Gasteiger partial charge in [0, 0.05) is 55.6 Å². The fourth-order valence-electron chi connectivity index (χ4n) is 8.50. The highest BCUT2D eigenvalue weighted by Crippen LogP contribution is 2.54. The average Bonchev–Trinajstić information content (AvgIpc) is 3.41. The van der Waals surface area contributed by atoms with Crippen LogP contribution in [0.1, 0.15) is 121 Å². The predicted octanol–water partition coefficient (Wildman–Crippen LogP) is 7.98. The first-order valence-corrected chi connectivity index (χ1v) is 20.4. The molecule has 3 aliphatic rings. The molecule has 0 saturated carbocycles. The van der Waals surface area contributed by atoms with Gasteiger partial charge in [0.05, 0.1) is 18.7 Å². The van der Waals surface area contributed by atoms with Gasteiger partial charge in [0.25, 0.3) is 0 Å². The number of carbonyl (C=O) groups excluding carboxylic acids is 2. The molecule has 4 heterocycles. The zero-order valence-electron chi connectivity index (χ0n) is 34.0. The standard InChI is InChI=1S/C45H62N6O3/c1-9-12-14-33-15-19-34(20-16-33)44(7)45(8,35-21-17-32(13-10-2)18-22-35)51(41(48-44)37-30-47-39(43(4,5)6)29-38(37)54-11-3)42(53)49-26-23-36(24-27-49)50-28-25-46-40(52)31-50/h15-22,29-30,36H,9-14,23-28,31H2,1-8H3,(H,46,52)/t44-,45+/m0/s1. The van der Waals surface area contributed by atoms with Crippen LogP contribution < -0.4 is 10.1 Å². The van der Waals surface area contributed by atoms with Gasteiger partial charge in [-0.05, 0) is 75.1 Å². The van der Waals surface area contributed by atoms with Gasteiger partial charge < -0.3 is 15.0 Å². The summed E-state index contributed by atoms with van der Waals surface area (Å²) in [5.74, 6) is 1.33. The Labute approximate surface area is 323 Å². The van der Waals surface area contributed by atoms with E-state index in [4.69, 9.17) is 14.7 Å². The van der Waals surface area contributed by atoms with Crippen molar-refractivity contribution in [3.63, 3.8) is 0 Å². The van der Waals surface area contributed by atoms with Crippen LogP contribution in [0.2, 0.25) is 0 Å². The lowest BCUT2D eigenvalue weighted by atomic mass is 9.70. The van der Waals surface area contributed by atoms with Crippen molar-refractivity contribution in [2.45, 2.75) is 123 Å². The molecule has 2 aromatic carbocycles. The summed E-state index contributed by atoms with van der Waals surface area (Å²) in [5, 5.41) is 2.95. The van der Waals surface area contributed by atoms with Crippen LogP contribution in [0.5, 0.6) is 5.75 Å². The molecule has 3 amide bonds. The van der Waals surface area contributed by atoms with Crippen LogP contribution in [0.3, 0.4) is 0 Å². The number of carbonyl (C=O) groups is 2. The Hall–Kier alpha value is -4.24. The number of amides is 3. The van der Waals surface area contributed by atoms with Gasteiger partial charge in [-0.3, -0.25) is 24.6 Å². The Kier molecular flexibility index (Phi) is 11.9. The van der Waals surface area contributed by atoms with E-state index in [0.29, 0.717) is 49.9 Å². The zero-order chi connectivity index (χ0) is 38.7. The zero-order valence-corrected chi connectivity index (χ0v) is 34.0. The van der Waals surface area contributed by atoms with Crippen molar-refractivity contribution in [3.8, 4) is 5.75 Å². The lowest BCUT2D eigenvalue weighted by molar-refractivity contribution is -0.125. The molecule has 0 aliphatic carbocycles. The minimum Gasteiger partial charge on any atom is -0.493 e. The number of amidine groups is 1. The van der Waals surface area contributed by atoms with Gasteiger partial charge in [-0.15, -0.1) is 0 Å². The van der Waals surface area contributed by atoms with Crippen LogP contribution in [-0.4, -0.2) is 82.8 Å². The van der Waals surface area contributed by atoms with Gasteiger partial charge in [0.15, 0.2) is 0 Å². The molecule has 6 rings (SSSR count). The molecule has 0 radical (unpaired) electrons. The molecule has 3 aromatic rings. The molecule has 1 aromatic heterocycles. The molecule has 2 atom stereocenters. The number of hydrogen-bond acceptors (Lipinski definition) is 6. The largest absolute Gasteiger partial charge is 0.493 e. The number of benzene rings is 2. The van der Waals surface area contributed by atoms with Crippen molar-refractivity contribution in [3.05, 3.63) is 94.3 Å². The van der Waals surface area contributed by atoms with E-state index in [1.54, 1.807) is 0 Å². The van der Waals surface area contributed by atoms with Gasteiger partial charge in [-0.25, -0.2) is 4.79 Å². The number of aliphatic imine (C=N–C) groups is 1. The number of urea groups is 1. The number of nitrogens with one attached hydrogen (secondary N) is 1. The molecule has 0 spiro atoms. The molecular weight excluding hydrogens is 673 g/mol. The number of likely N-dealkylation sites (tertiary alicyclic amines) is 1. The first-order chi connectivity index (χ1) is 25.8. The highest BCUT2D eigenvalue weighted by molar-refractivity contribution is 6.11. The molecule has 290 valence electrons. The summed E-state index contributed by atoms with van der Waals surface area (Å²) in [6.07, 6.45) is 8.86. The topological polar surface area (TPSA) is 90.4 Å². The Morgan fingerprint density at radius 2 is 1.56 bits per heavy atom. The van der Waals surface area contributed by atoms with E-state index in [2.05, 4.69) is 107 Å². The maximum Gasteiger partial charge on any atom is 0.326 e. The first kappa shape index (κ1) is 39.5. The molecular formula is C45H62N6O3. The van der Waals surface area contributed by atoms with Crippen LogP contribution >= 0.6 is 0 Å². The molecule has 0 unspecified atom stereocenters. The van der Waals surface area contributed by atoms with E-state index in [0.717, 1.165) is 68.3 Å². The van der Waals surface area contributed by atoms with Gasteiger partial charge in [-0.2, -0.15) is 0 Å². The highest BCUT2D eigenvalue weighted by Gasteiger charge is 2.60. The molecule has 9 heteroatoms. The average molecular weight is 735 g/mol. The lowest BCUT2D eigenvalue weighted by Crippen LogP contribution is -2.60. The predicted molar refractivity (Wildman–Crippen MR) is 217 cm³/mol. The molecule has 2 fully saturated rings. The number of hydrogen-bond donors (Lipinski definition) is 1. The Bertz CT molecular complexity index is 1810. The minimum atomic E-state index is -0.914. The van der Waals surface area contributed by atoms with Crippen LogP contribution in [0.4, 0.5) is 4.79 Å². The molecule has 9 nitrogen and oxygen atoms in total. The van der Waals surface area contributed by atoms with E-state index in [9.17, 15) is 4.79 Å². The summed E-state index contributed by atoms with van der Waals surface area (Å²) in [6.45, 7) is 20.8. The number of aryl methyl sites for hydroxylation is 2. The third kappa shape index (κ3) is 7.66. The summed E-state index contributed by atoms with van der Waals surface area (Å²) in [6, 6.07) is 20.0. The number of piperazine rings is 1. The number of unbranched alkanes of at least 4 members (excludes halogenated alkanes) is 1. The van der Waals surface area contributed by atoms with Crippen molar-refractivity contribution in [2.75, 3.05) is 39.3 Å². The smallest absolute Gasteiger partial charge is 0.326 e. The third-order valence-electron chi connectivity index (χ3n) is 12.0. The Morgan fingerprint density at radius 3 is 2.15 bits per heavy atom. The molecule has 54 heavy (non-hydrogen) atoms. The second kappa shape index (κ2) is 16.2. The highest BCUT2D eigenvalue weighted by atomic mass is 16.5. The van der Waals surface area contributed by atoms with Gasteiger partial charge in [-0.1, -0.05) is 96.0 Å². The minimum absolute atomic E-state index is 0.0747. The van der Waals surface area contributed by atoms with Gasteiger partial charge in [0.1, 0.15) is 22.7 Å². The van der Waals surface area contributed by atoms with Crippen LogP contribution in [0.15, 0.2) is 65.8 Å². The van der Waals surface area contributed by atoms with Crippen molar-refractivity contribution in [1.29, 1.82) is 0 Å². The first-order valence-electron chi connectivity index (χ1n) is 20.4. The van der Waals surface area contributed by atoms with Crippen molar-refractivity contribution in [2.24, 2.45) is 4.99 Å². The number of piperidine rings is 1. The quantitative estimate of drug-likeness (QED) is 0.216. The summed E-state index contributed by atoms with van der Waals surface area (Å²) in [5.41, 5.74) is 4.32. The van der Waals surface area contributed by atoms with Crippen molar-refractivity contribution < 1.29 is 14.3 Å². The second-order valence-electron chi connectivity index (χ2n) is 16.7. The molecule has 0 bridgehead atoms. The Balaban J connectivity index is 1.50. The van der Waals surface area contributed by atoms with E-state index in [1.807, 2.05) is 29.0 Å². The lowest BCUT2D eigenvalue weighted by Gasteiger charge is -2.48. The number of ether oxygens (including phenoxy) is 1. The monoisotopic (exact) mass is 734 g/mol. The van der Waals surface area contributed by atoms with Gasteiger partial charge >= 0.3 is 6.03 Å². The second-order valence-corrected chi connectivity index (χ2v) is 16.7. The maximum absolute atomic E-state index is 15.5. The van der Waals surface area contributed by atoms with Gasteiger partial charge in [0.2, 0.25) is 5.91 Å². The number of rotatable bonds is 11. The fraction of sp³-hybridized carbons (Fsp3) is 0.556. The Morgan fingerprint density at radius 1 is 0.907 bits per heavy atom. The fourth-order valence-corrected chi connectivity index (χ4v) is 8.50. The summed E-state index contributed by atoms with van der Waals surface area (Å²) >= 11 is 0. The van der Waals surface area contributed by atoms with Crippen molar-refractivity contribution in [1.82, 2.24) is 25.0 Å². The summed E-state index contributed by atoms with van der Waals surface area (Å²) in [4.78, 5) is 44.6. The number of aromatic nitrogens is 1. The van der Waals surface area contributed by atoms with Crippen molar-refractivity contribution >= 4 is 17.8 Å². The molecule has 3 aliphatic heterocycles. The van der Waals surface area contributed by atoms with E-state index in [-0.39, 0.29) is 23.4 Å². The number of pyridine rings is 1. The summed E-state index contributed by atoms with van der Waals surface area (Å²) < 4.78 is 6.38. The van der Waals surface area contributed by atoms with Crippen LogP contribution in [0, 0.1) is 0 Å². The number of nitrogens with zero attached hydrogens (tertiary/aromatic N) is 5. The van der Waals surface area contributed by atoms with Crippen LogP contribution in [0.25, 0.3) is 0 Å².